The van der Waals surface area contributed by atoms with Gasteiger partial charge in [0.15, 0.2) is 5.82 Å². The quantitative estimate of drug-likeness (QED) is 0.831. The normalized spacial score (nSPS) is 10.3. The lowest BCUT2D eigenvalue weighted by Crippen LogP contribution is -2.11. The maximum Gasteiger partial charge on any atom is 0.153 e. The molecule has 0 amide bonds. The van der Waals surface area contributed by atoms with Gasteiger partial charge in [0, 0.05) is 25.4 Å². The van der Waals surface area contributed by atoms with Crippen LogP contribution >= 0.6 is 0 Å². The van der Waals surface area contributed by atoms with E-state index in [1.807, 2.05) is 38.9 Å². The Morgan fingerprint density at radius 1 is 1.26 bits per heavy atom. The van der Waals surface area contributed by atoms with Crippen molar-refractivity contribution < 1.29 is 4.39 Å². The van der Waals surface area contributed by atoms with Gasteiger partial charge in [-0.3, -0.25) is 0 Å². The summed E-state index contributed by atoms with van der Waals surface area (Å²) in [4.78, 5) is 1.91. The van der Waals surface area contributed by atoms with E-state index in [-0.39, 0.29) is 5.56 Å². The van der Waals surface area contributed by atoms with Gasteiger partial charge in [0.25, 0.3) is 0 Å². The zero-order valence-corrected chi connectivity index (χ0v) is 11.4. The molecule has 1 heterocycles. The van der Waals surface area contributed by atoms with Gasteiger partial charge in [-0.25, -0.2) is 9.07 Å². The van der Waals surface area contributed by atoms with Gasteiger partial charge in [0.1, 0.15) is 5.82 Å². The maximum absolute atomic E-state index is 13.5. The Hall–Kier alpha value is -2.35. The van der Waals surface area contributed by atoms with Crippen molar-refractivity contribution in [1.82, 2.24) is 9.78 Å². The molecule has 5 heteroatoms. The Balaban J connectivity index is 2.63. The number of hydrogen-bond donors (Lipinski definition) is 0. The fraction of sp³-hybridized carbons (Fsp3) is 0.286. The molecule has 0 unspecified atom stereocenters. The average Bonchev–Trinajstić information content (AvgIpc) is 2.66. The molecule has 2 aromatic rings. The third-order valence-electron chi connectivity index (χ3n) is 3.07. The van der Waals surface area contributed by atoms with Crippen molar-refractivity contribution in [3.8, 4) is 11.8 Å². The summed E-state index contributed by atoms with van der Waals surface area (Å²) in [5.74, 6) is 0.397. The average molecular weight is 258 g/mol. The first-order valence-corrected chi connectivity index (χ1v) is 5.88. The van der Waals surface area contributed by atoms with Crippen molar-refractivity contribution in [3.63, 3.8) is 0 Å². The number of nitriles is 1. The van der Waals surface area contributed by atoms with Crippen LogP contribution < -0.4 is 4.90 Å². The molecular weight excluding hydrogens is 243 g/mol. The Morgan fingerprint density at radius 3 is 2.47 bits per heavy atom. The highest BCUT2D eigenvalue weighted by Gasteiger charge is 2.14. The summed E-state index contributed by atoms with van der Waals surface area (Å²) in [7, 11) is 3.82. The number of nitrogens with zero attached hydrogens (tertiary/aromatic N) is 4. The highest BCUT2D eigenvalue weighted by molar-refractivity contribution is 5.51. The van der Waals surface area contributed by atoms with Gasteiger partial charge in [0.2, 0.25) is 0 Å². The highest BCUT2D eigenvalue weighted by atomic mass is 19.1. The molecule has 0 N–H and O–H groups in total. The Labute approximate surface area is 111 Å². The van der Waals surface area contributed by atoms with Gasteiger partial charge in [-0.1, -0.05) is 0 Å². The molecular formula is C14H15FN4. The van der Waals surface area contributed by atoms with Gasteiger partial charge >= 0.3 is 0 Å². The predicted molar refractivity (Wildman–Crippen MR) is 72.0 cm³/mol. The van der Waals surface area contributed by atoms with E-state index in [1.54, 1.807) is 10.7 Å². The first-order valence-electron chi connectivity index (χ1n) is 5.88. The number of hydrogen-bond acceptors (Lipinski definition) is 3. The highest BCUT2D eigenvalue weighted by Crippen LogP contribution is 2.23. The van der Waals surface area contributed by atoms with E-state index in [9.17, 15) is 4.39 Å². The van der Waals surface area contributed by atoms with Crippen LogP contribution in [0.3, 0.4) is 0 Å². The lowest BCUT2D eigenvalue weighted by Gasteiger charge is -2.08. The van der Waals surface area contributed by atoms with Crippen molar-refractivity contribution >= 4 is 5.82 Å². The second-order valence-corrected chi connectivity index (χ2v) is 4.65. The number of benzene rings is 1. The summed E-state index contributed by atoms with van der Waals surface area (Å²) < 4.78 is 15.2. The predicted octanol–water partition coefficient (Wildman–Crippen LogP) is 2.57. The summed E-state index contributed by atoms with van der Waals surface area (Å²) in [5, 5.41) is 13.4. The minimum atomic E-state index is -0.437. The summed E-state index contributed by atoms with van der Waals surface area (Å²) in [6.07, 6.45) is 0. The molecule has 0 aliphatic carbocycles. The second-order valence-electron chi connectivity index (χ2n) is 4.65. The third-order valence-corrected chi connectivity index (χ3v) is 3.07. The Morgan fingerprint density at radius 2 is 1.95 bits per heavy atom. The molecule has 0 atom stereocenters. The van der Waals surface area contributed by atoms with E-state index in [0.29, 0.717) is 5.69 Å². The number of anilines is 1. The van der Waals surface area contributed by atoms with Crippen molar-refractivity contribution in [2.75, 3.05) is 19.0 Å². The number of rotatable bonds is 2. The first-order chi connectivity index (χ1) is 8.93. The van der Waals surface area contributed by atoms with Crippen molar-refractivity contribution in [1.29, 1.82) is 5.26 Å². The van der Waals surface area contributed by atoms with E-state index >= 15 is 0 Å². The first kappa shape index (κ1) is 13.1. The largest absolute Gasteiger partial charge is 0.361 e. The van der Waals surface area contributed by atoms with Crippen LogP contribution in [0, 0.1) is 31.0 Å². The topological polar surface area (TPSA) is 44.9 Å². The maximum atomic E-state index is 13.5. The minimum absolute atomic E-state index is 0.286. The molecule has 0 aliphatic heterocycles. The van der Waals surface area contributed by atoms with Gasteiger partial charge in [-0.15, -0.1) is 5.10 Å². The van der Waals surface area contributed by atoms with Crippen LogP contribution in [0.5, 0.6) is 0 Å². The monoisotopic (exact) mass is 258 g/mol. The lowest BCUT2D eigenvalue weighted by atomic mass is 10.2. The zero-order chi connectivity index (χ0) is 14.2. The molecule has 1 aromatic heterocycles. The molecule has 0 saturated heterocycles. The smallest absolute Gasteiger partial charge is 0.153 e. The van der Waals surface area contributed by atoms with E-state index in [4.69, 9.17) is 5.26 Å². The number of halogens is 1. The molecule has 0 spiro atoms. The molecule has 0 bridgehead atoms. The number of aromatic nitrogens is 2. The minimum Gasteiger partial charge on any atom is -0.361 e. The lowest BCUT2D eigenvalue weighted by molar-refractivity contribution is 0.624. The third kappa shape index (κ3) is 2.29. The fourth-order valence-corrected chi connectivity index (χ4v) is 2.00. The van der Waals surface area contributed by atoms with Gasteiger partial charge in [0.05, 0.1) is 17.3 Å². The summed E-state index contributed by atoms with van der Waals surface area (Å²) in [6, 6.07) is 6.16. The standard InChI is InChI=1S/C14H15FN4/c1-9-10(2)19(17-14(9)18(3)4)13-6-11(8-16)5-12(15)7-13/h5-7H,1-4H3. The van der Waals surface area contributed by atoms with Gasteiger partial charge in [-0.2, -0.15) is 5.26 Å². The Kier molecular flexibility index (Phi) is 3.26. The molecule has 0 fully saturated rings. The van der Waals surface area contributed by atoms with E-state index in [2.05, 4.69) is 5.10 Å². The SMILES string of the molecule is Cc1c(N(C)C)nn(-c2cc(F)cc(C#N)c2)c1C. The zero-order valence-electron chi connectivity index (χ0n) is 11.4. The molecule has 4 nitrogen and oxygen atoms in total. The van der Waals surface area contributed by atoms with Crippen LogP contribution in [0.1, 0.15) is 16.8 Å². The summed E-state index contributed by atoms with van der Waals surface area (Å²) >= 11 is 0. The fourth-order valence-electron chi connectivity index (χ4n) is 2.00. The van der Waals surface area contributed by atoms with Crippen molar-refractivity contribution in [2.24, 2.45) is 0 Å². The van der Waals surface area contributed by atoms with Gasteiger partial charge in [-0.05, 0) is 32.0 Å². The van der Waals surface area contributed by atoms with Crippen LogP contribution in [0.2, 0.25) is 0 Å². The van der Waals surface area contributed by atoms with Gasteiger partial charge < -0.3 is 4.90 Å². The van der Waals surface area contributed by atoms with E-state index < -0.39 is 5.82 Å². The van der Waals surface area contributed by atoms with E-state index in [1.165, 1.54) is 12.1 Å². The molecule has 98 valence electrons. The van der Waals surface area contributed by atoms with Crippen LogP contribution in [-0.2, 0) is 0 Å². The van der Waals surface area contributed by atoms with Crippen LogP contribution in [0.4, 0.5) is 10.2 Å². The Bertz CT molecular complexity index is 665. The van der Waals surface area contributed by atoms with Crippen molar-refractivity contribution in [3.05, 3.63) is 40.8 Å². The summed E-state index contributed by atoms with van der Waals surface area (Å²) in [5.41, 5.74) is 2.81. The van der Waals surface area contributed by atoms with Crippen LogP contribution in [0.25, 0.3) is 5.69 Å². The van der Waals surface area contributed by atoms with E-state index in [0.717, 1.165) is 17.1 Å². The molecule has 0 aliphatic rings. The molecule has 0 radical (unpaired) electrons. The molecule has 2 rings (SSSR count). The van der Waals surface area contributed by atoms with Crippen molar-refractivity contribution in [2.45, 2.75) is 13.8 Å². The van der Waals surface area contributed by atoms with Crippen LogP contribution in [0.15, 0.2) is 18.2 Å². The summed E-state index contributed by atoms with van der Waals surface area (Å²) in [6.45, 7) is 3.89. The second kappa shape index (κ2) is 4.73. The molecule has 1 aromatic carbocycles. The molecule has 0 saturated carbocycles. The van der Waals surface area contributed by atoms with Crippen LogP contribution in [-0.4, -0.2) is 23.9 Å². The molecule has 19 heavy (non-hydrogen) atoms.